The minimum Gasteiger partial charge on any atom is -0.464 e. The molecule has 0 saturated heterocycles. The summed E-state index contributed by atoms with van der Waals surface area (Å²) in [5, 5.41) is 2.46. The van der Waals surface area contributed by atoms with Gasteiger partial charge in [-0.1, -0.05) is 11.6 Å². The molecular weight excluding hydrogens is 232 g/mol. The first-order chi connectivity index (χ1) is 7.36. The van der Waals surface area contributed by atoms with Gasteiger partial charge in [0.1, 0.15) is 17.2 Å². The minimum atomic E-state index is 0.489. The fourth-order valence-electron chi connectivity index (χ4n) is 1.43. The van der Waals surface area contributed by atoms with Crippen molar-refractivity contribution < 1.29 is 4.42 Å². The highest BCUT2D eigenvalue weighted by atomic mass is 35.5. The second kappa shape index (κ2) is 3.32. The lowest BCUT2D eigenvalue weighted by Gasteiger charge is -1.93. The van der Waals surface area contributed by atoms with E-state index < -0.39 is 0 Å². The van der Waals surface area contributed by atoms with Gasteiger partial charge in [-0.3, -0.25) is 0 Å². The van der Waals surface area contributed by atoms with E-state index in [9.17, 15) is 0 Å². The predicted octanol–water partition coefficient (Wildman–Crippen LogP) is 3.60. The normalized spacial score (nSPS) is 11.0. The number of halogens is 1. The number of thiophene rings is 1. The van der Waals surface area contributed by atoms with E-state index in [1.54, 1.807) is 6.26 Å². The van der Waals surface area contributed by atoms with Crippen LogP contribution in [0.3, 0.4) is 0 Å². The van der Waals surface area contributed by atoms with Crippen molar-refractivity contribution in [2.45, 2.75) is 0 Å². The number of aromatic nitrogens is 2. The van der Waals surface area contributed by atoms with Gasteiger partial charge in [-0.2, -0.15) is 0 Å². The molecule has 0 aliphatic heterocycles. The van der Waals surface area contributed by atoms with Crippen molar-refractivity contribution in [2.75, 3.05) is 0 Å². The summed E-state index contributed by atoms with van der Waals surface area (Å²) in [5.74, 6) is 0.802. The zero-order valence-electron chi connectivity index (χ0n) is 7.48. The van der Waals surface area contributed by atoms with Crippen LogP contribution in [-0.4, -0.2) is 9.97 Å². The van der Waals surface area contributed by atoms with Crippen molar-refractivity contribution in [1.29, 1.82) is 0 Å². The molecule has 0 radical (unpaired) electrons. The molecule has 3 nitrogen and oxygen atoms in total. The van der Waals surface area contributed by atoms with Gasteiger partial charge in [0.05, 0.1) is 22.0 Å². The average Bonchev–Trinajstić information content (AvgIpc) is 2.85. The van der Waals surface area contributed by atoms with E-state index in [-0.39, 0.29) is 0 Å². The van der Waals surface area contributed by atoms with Crippen LogP contribution in [0.15, 0.2) is 34.5 Å². The van der Waals surface area contributed by atoms with Crippen LogP contribution in [0.4, 0.5) is 0 Å². The van der Waals surface area contributed by atoms with E-state index in [0.29, 0.717) is 5.15 Å². The molecule has 0 spiro atoms. The van der Waals surface area contributed by atoms with E-state index in [1.165, 1.54) is 17.7 Å². The van der Waals surface area contributed by atoms with E-state index >= 15 is 0 Å². The Kier molecular flexibility index (Phi) is 1.97. The summed E-state index contributed by atoms with van der Waals surface area (Å²) in [4.78, 5) is 8.15. The van der Waals surface area contributed by atoms with Gasteiger partial charge >= 0.3 is 0 Å². The maximum absolute atomic E-state index is 5.96. The molecule has 0 fully saturated rings. The molecule has 0 atom stereocenters. The number of rotatable bonds is 1. The van der Waals surface area contributed by atoms with Crippen molar-refractivity contribution in [3.8, 4) is 11.3 Å². The van der Waals surface area contributed by atoms with Gasteiger partial charge in [-0.05, 0) is 12.1 Å². The highest BCUT2D eigenvalue weighted by Crippen LogP contribution is 2.35. The van der Waals surface area contributed by atoms with Gasteiger partial charge in [0.25, 0.3) is 0 Å². The van der Waals surface area contributed by atoms with Crippen LogP contribution in [0.25, 0.3) is 21.5 Å². The van der Waals surface area contributed by atoms with Crippen LogP contribution in [0.1, 0.15) is 0 Å². The van der Waals surface area contributed by atoms with Gasteiger partial charge < -0.3 is 4.42 Å². The quantitative estimate of drug-likeness (QED) is 0.606. The molecule has 3 heterocycles. The van der Waals surface area contributed by atoms with E-state index in [2.05, 4.69) is 9.97 Å². The molecule has 74 valence electrons. The van der Waals surface area contributed by atoms with Crippen molar-refractivity contribution in [3.05, 3.63) is 35.3 Å². The topological polar surface area (TPSA) is 38.9 Å². The third-order valence-electron chi connectivity index (χ3n) is 2.10. The highest BCUT2D eigenvalue weighted by Gasteiger charge is 2.12. The molecule has 15 heavy (non-hydrogen) atoms. The summed E-state index contributed by atoms with van der Waals surface area (Å²) < 4.78 is 6.22. The number of nitrogens with zero attached hydrogens (tertiary/aromatic N) is 2. The molecule has 3 aromatic rings. The molecule has 0 aromatic carbocycles. The average molecular weight is 237 g/mol. The van der Waals surface area contributed by atoms with Crippen LogP contribution in [0.2, 0.25) is 5.15 Å². The van der Waals surface area contributed by atoms with Gasteiger partial charge in [0.2, 0.25) is 0 Å². The molecule has 0 saturated carbocycles. The number of fused-ring (bicyclic) bond motifs is 1. The Hall–Kier alpha value is -1.39. The first kappa shape index (κ1) is 8.88. The molecule has 0 amide bonds. The number of furan rings is 1. The first-order valence-electron chi connectivity index (χ1n) is 4.28. The van der Waals surface area contributed by atoms with Crippen molar-refractivity contribution in [1.82, 2.24) is 9.97 Å². The first-order valence-corrected chi connectivity index (χ1v) is 5.53. The van der Waals surface area contributed by atoms with Gasteiger partial charge in [-0.25, -0.2) is 9.97 Å². The van der Waals surface area contributed by atoms with Crippen LogP contribution in [0.5, 0.6) is 0 Å². The molecule has 3 aromatic heterocycles. The summed E-state index contributed by atoms with van der Waals surface area (Å²) in [6.07, 6.45) is 3.10. The molecule has 0 aliphatic carbocycles. The van der Waals surface area contributed by atoms with Crippen LogP contribution >= 0.6 is 22.9 Å². The summed E-state index contributed by atoms with van der Waals surface area (Å²) in [7, 11) is 0. The molecule has 0 aliphatic rings. The third-order valence-corrected chi connectivity index (χ3v) is 3.47. The highest BCUT2D eigenvalue weighted by molar-refractivity contribution is 7.18. The predicted molar refractivity (Wildman–Crippen MR) is 60.1 cm³/mol. The zero-order chi connectivity index (χ0) is 10.3. The maximum atomic E-state index is 5.96. The standard InChI is InChI=1S/C10H5ClN2OS/c11-10-9-8(12-5-13-10)6(4-15-9)7-2-1-3-14-7/h1-5H. The smallest absolute Gasteiger partial charge is 0.150 e. The van der Waals surface area contributed by atoms with Crippen LogP contribution in [-0.2, 0) is 0 Å². The Morgan fingerprint density at radius 2 is 2.27 bits per heavy atom. The lowest BCUT2D eigenvalue weighted by molar-refractivity contribution is 0.583. The van der Waals surface area contributed by atoms with Crippen molar-refractivity contribution >= 4 is 33.2 Å². The monoisotopic (exact) mass is 236 g/mol. The van der Waals surface area contributed by atoms with Crippen LogP contribution < -0.4 is 0 Å². The fourth-order valence-corrected chi connectivity index (χ4v) is 2.58. The minimum absolute atomic E-state index is 0.489. The summed E-state index contributed by atoms with van der Waals surface area (Å²) in [5.41, 5.74) is 1.80. The Labute approximate surface area is 94.3 Å². The van der Waals surface area contributed by atoms with E-state index in [1.807, 2.05) is 17.5 Å². The Morgan fingerprint density at radius 3 is 3.07 bits per heavy atom. The largest absolute Gasteiger partial charge is 0.464 e. The molecule has 3 rings (SSSR count). The SMILES string of the molecule is Clc1ncnc2c(-c3ccco3)csc12. The van der Waals surface area contributed by atoms with E-state index in [4.69, 9.17) is 16.0 Å². The summed E-state index contributed by atoms with van der Waals surface area (Å²) in [6, 6.07) is 3.75. The number of hydrogen-bond acceptors (Lipinski definition) is 4. The lowest BCUT2D eigenvalue weighted by atomic mass is 10.2. The van der Waals surface area contributed by atoms with Crippen LogP contribution in [0, 0.1) is 0 Å². The third kappa shape index (κ3) is 1.33. The molecule has 5 heteroatoms. The Balaban J connectivity index is 2.34. The Bertz CT molecular complexity index is 603. The number of hydrogen-bond donors (Lipinski definition) is 0. The van der Waals surface area contributed by atoms with Gasteiger partial charge in [-0.15, -0.1) is 11.3 Å². The maximum Gasteiger partial charge on any atom is 0.150 e. The molecule has 0 bridgehead atoms. The van der Waals surface area contributed by atoms with E-state index in [0.717, 1.165) is 21.5 Å². The molecule has 0 unspecified atom stereocenters. The summed E-state index contributed by atoms with van der Waals surface area (Å²) in [6.45, 7) is 0. The second-order valence-electron chi connectivity index (χ2n) is 2.97. The fraction of sp³-hybridized carbons (Fsp3) is 0. The summed E-state index contributed by atoms with van der Waals surface area (Å²) >= 11 is 7.48. The zero-order valence-corrected chi connectivity index (χ0v) is 9.05. The lowest BCUT2D eigenvalue weighted by Crippen LogP contribution is -1.80. The van der Waals surface area contributed by atoms with Crippen molar-refractivity contribution in [2.24, 2.45) is 0 Å². The van der Waals surface area contributed by atoms with Gasteiger partial charge in [0.15, 0.2) is 0 Å². The molecule has 0 N–H and O–H groups in total. The molecular formula is C10H5ClN2OS. The Morgan fingerprint density at radius 1 is 1.33 bits per heavy atom. The second-order valence-corrected chi connectivity index (χ2v) is 4.21. The van der Waals surface area contributed by atoms with Crippen molar-refractivity contribution in [3.63, 3.8) is 0 Å². The van der Waals surface area contributed by atoms with Gasteiger partial charge in [0, 0.05) is 5.38 Å².